The van der Waals surface area contributed by atoms with Crippen LogP contribution < -0.4 is 9.64 Å². The van der Waals surface area contributed by atoms with Gasteiger partial charge in [0.2, 0.25) is 10.0 Å². The number of rotatable bonds is 6. The van der Waals surface area contributed by atoms with Gasteiger partial charge in [-0.1, -0.05) is 0 Å². The molecule has 2 fully saturated rings. The van der Waals surface area contributed by atoms with Crippen LogP contribution in [0.2, 0.25) is 0 Å². The van der Waals surface area contributed by atoms with Crippen molar-refractivity contribution in [2.75, 3.05) is 38.2 Å². The first-order valence-corrected chi connectivity index (χ1v) is 13.3. The van der Waals surface area contributed by atoms with Crippen molar-refractivity contribution in [3.05, 3.63) is 66.4 Å². The highest BCUT2D eigenvalue weighted by Gasteiger charge is 2.32. The molecule has 2 aromatic carbocycles. The van der Waals surface area contributed by atoms with Gasteiger partial charge in [0.1, 0.15) is 23.2 Å². The van der Waals surface area contributed by atoms with Crippen LogP contribution in [0.3, 0.4) is 0 Å². The first-order valence-electron chi connectivity index (χ1n) is 11.8. The molecule has 1 saturated heterocycles. The van der Waals surface area contributed by atoms with E-state index in [1.807, 2.05) is 0 Å². The molecule has 0 spiro atoms. The quantitative estimate of drug-likeness (QED) is 0.394. The van der Waals surface area contributed by atoms with Gasteiger partial charge in [-0.3, -0.25) is 0 Å². The topological polar surface area (TPSA) is 93.5 Å². The lowest BCUT2D eigenvalue weighted by Crippen LogP contribution is -2.49. The van der Waals surface area contributed by atoms with Crippen molar-refractivity contribution in [1.29, 1.82) is 0 Å². The fraction of sp³-hybridized carbons (Fsp3) is 0.320. The van der Waals surface area contributed by atoms with Gasteiger partial charge in [0.15, 0.2) is 5.65 Å². The fourth-order valence-corrected chi connectivity index (χ4v) is 5.91. The number of anilines is 1. The van der Waals surface area contributed by atoms with E-state index < -0.39 is 10.0 Å². The minimum atomic E-state index is -3.61. The second-order valence-electron chi connectivity index (χ2n) is 9.02. The van der Waals surface area contributed by atoms with Crippen LogP contribution in [0.1, 0.15) is 24.6 Å². The van der Waals surface area contributed by atoms with Crippen molar-refractivity contribution in [1.82, 2.24) is 24.1 Å². The highest BCUT2D eigenvalue weighted by molar-refractivity contribution is 7.89. The number of fused-ring (bicyclic) bond motifs is 1. The Morgan fingerprint density at radius 3 is 2.28 bits per heavy atom. The van der Waals surface area contributed by atoms with E-state index in [4.69, 9.17) is 14.7 Å². The maximum absolute atomic E-state index is 13.5. The standard InChI is InChI=1S/C25H25FN6O3S/c1-35-20-8-10-21(11-9-20)36(33,34)31-14-12-30(13-15-31)24-22-16-27-32(19-6-4-18(26)5-7-19)25(22)29-23(28-24)17-2-3-17/h4-11,16-17H,2-3,12-15H2,1H3. The van der Waals surface area contributed by atoms with Gasteiger partial charge in [-0.15, -0.1) is 0 Å². The molecule has 3 heterocycles. The van der Waals surface area contributed by atoms with E-state index in [0.29, 0.717) is 49.2 Å². The lowest BCUT2D eigenvalue weighted by atomic mass is 10.2. The van der Waals surface area contributed by atoms with Crippen molar-refractivity contribution in [3.8, 4) is 11.4 Å². The van der Waals surface area contributed by atoms with Gasteiger partial charge in [-0.05, 0) is 61.4 Å². The molecule has 0 radical (unpaired) electrons. The normalized spacial score (nSPS) is 17.0. The molecule has 0 atom stereocenters. The summed E-state index contributed by atoms with van der Waals surface area (Å²) in [6.07, 6.45) is 3.82. The summed E-state index contributed by atoms with van der Waals surface area (Å²) in [5.74, 6) is 2.15. The summed E-state index contributed by atoms with van der Waals surface area (Å²) in [7, 11) is -2.06. The predicted octanol–water partition coefficient (Wildman–Crippen LogP) is 3.35. The number of benzene rings is 2. The summed E-state index contributed by atoms with van der Waals surface area (Å²) in [5.41, 5.74) is 1.38. The van der Waals surface area contributed by atoms with Crippen LogP contribution in [0.4, 0.5) is 10.2 Å². The van der Waals surface area contributed by atoms with Gasteiger partial charge in [-0.2, -0.15) is 9.40 Å². The van der Waals surface area contributed by atoms with E-state index >= 15 is 0 Å². The molecule has 1 saturated carbocycles. The molecule has 4 aromatic rings. The van der Waals surface area contributed by atoms with Gasteiger partial charge in [0.05, 0.1) is 29.3 Å². The van der Waals surface area contributed by atoms with E-state index in [9.17, 15) is 12.8 Å². The zero-order chi connectivity index (χ0) is 24.9. The molecule has 11 heteroatoms. The Morgan fingerprint density at radius 1 is 0.944 bits per heavy atom. The number of sulfonamides is 1. The molecule has 6 rings (SSSR count). The summed E-state index contributed by atoms with van der Waals surface area (Å²) in [5, 5.41) is 5.32. The third-order valence-corrected chi connectivity index (χ3v) is 8.59. The average Bonchev–Trinajstić information content (AvgIpc) is 3.68. The molecule has 2 aromatic heterocycles. The largest absolute Gasteiger partial charge is 0.497 e. The van der Waals surface area contributed by atoms with E-state index in [2.05, 4.69) is 10.00 Å². The van der Waals surface area contributed by atoms with Crippen LogP contribution in [0, 0.1) is 5.82 Å². The lowest BCUT2D eigenvalue weighted by Gasteiger charge is -2.35. The third-order valence-electron chi connectivity index (χ3n) is 6.67. The van der Waals surface area contributed by atoms with Crippen LogP contribution in [-0.2, 0) is 10.0 Å². The Morgan fingerprint density at radius 2 is 1.64 bits per heavy atom. The molecule has 0 unspecified atom stereocenters. The van der Waals surface area contributed by atoms with Crippen LogP contribution >= 0.6 is 0 Å². The number of aromatic nitrogens is 4. The van der Waals surface area contributed by atoms with Gasteiger partial charge in [-0.25, -0.2) is 27.5 Å². The smallest absolute Gasteiger partial charge is 0.243 e. The summed E-state index contributed by atoms with van der Waals surface area (Å²) in [6, 6.07) is 12.6. The molecular formula is C25H25FN6O3S. The second-order valence-corrected chi connectivity index (χ2v) is 11.0. The SMILES string of the molecule is COc1ccc(S(=O)(=O)N2CCN(c3nc(C4CC4)nc4c3cnn4-c3ccc(F)cc3)CC2)cc1. The minimum absolute atomic E-state index is 0.248. The van der Waals surface area contributed by atoms with E-state index in [-0.39, 0.29) is 10.7 Å². The Labute approximate surface area is 208 Å². The second kappa shape index (κ2) is 8.82. The van der Waals surface area contributed by atoms with E-state index in [0.717, 1.165) is 29.9 Å². The first-order chi connectivity index (χ1) is 17.4. The molecule has 0 N–H and O–H groups in total. The number of hydrogen-bond donors (Lipinski definition) is 0. The van der Waals surface area contributed by atoms with Crippen molar-refractivity contribution >= 4 is 26.9 Å². The van der Waals surface area contributed by atoms with E-state index in [1.165, 1.54) is 16.4 Å². The van der Waals surface area contributed by atoms with Crippen molar-refractivity contribution in [2.45, 2.75) is 23.7 Å². The summed E-state index contributed by atoms with van der Waals surface area (Å²) in [6.45, 7) is 1.66. The molecule has 1 aliphatic carbocycles. The Balaban J connectivity index is 1.29. The monoisotopic (exact) mass is 508 g/mol. The maximum atomic E-state index is 13.5. The molecular weight excluding hydrogens is 483 g/mol. The van der Waals surface area contributed by atoms with Crippen LogP contribution in [0.5, 0.6) is 5.75 Å². The number of hydrogen-bond acceptors (Lipinski definition) is 7. The predicted molar refractivity (Wildman–Crippen MR) is 133 cm³/mol. The molecule has 9 nitrogen and oxygen atoms in total. The van der Waals surface area contributed by atoms with Crippen LogP contribution in [0.15, 0.2) is 59.6 Å². The van der Waals surface area contributed by atoms with Gasteiger partial charge >= 0.3 is 0 Å². The van der Waals surface area contributed by atoms with Crippen LogP contribution in [-0.4, -0.2) is 65.8 Å². The highest BCUT2D eigenvalue weighted by atomic mass is 32.2. The first kappa shape index (κ1) is 22.9. The Bertz CT molecular complexity index is 1510. The molecule has 0 bridgehead atoms. The average molecular weight is 509 g/mol. The fourth-order valence-electron chi connectivity index (χ4n) is 4.48. The zero-order valence-corrected chi connectivity index (χ0v) is 20.5. The van der Waals surface area contributed by atoms with Crippen LogP contribution in [0.25, 0.3) is 16.7 Å². The summed E-state index contributed by atoms with van der Waals surface area (Å²) < 4.78 is 48.2. The Hall–Kier alpha value is -3.57. The lowest BCUT2D eigenvalue weighted by molar-refractivity contribution is 0.383. The number of piperazine rings is 1. The van der Waals surface area contributed by atoms with Gasteiger partial charge in [0.25, 0.3) is 0 Å². The van der Waals surface area contributed by atoms with Crippen molar-refractivity contribution < 1.29 is 17.5 Å². The Kier molecular flexibility index (Phi) is 5.60. The van der Waals surface area contributed by atoms with Crippen molar-refractivity contribution in [3.63, 3.8) is 0 Å². The van der Waals surface area contributed by atoms with E-state index in [1.54, 1.807) is 54.4 Å². The maximum Gasteiger partial charge on any atom is 0.243 e. The minimum Gasteiger partial charge on any atom is -0.497 e. The molecule has 0 amide bonds. The highest BCUT2D eigenvalue weighted by Crippen LogP contribution is 2.40. The number of halogens is 1. The summed E-state index contributed by atoms with van der Waals surface area (Å²) >= 11 is 0. The van der Waals surface area contributed by atoms with Gasteiger partial charge < -0.3 is 9.64 Å². The van der Waals surface area contributed by atoms with Crippen molar-refractivity contribution in [2.24, 2.45) is 0 Å². The summed E-state index contributed by atoms with van der Waals surface area (Å²) in [4.78, 5) is 12.1. The van der Waals surface area contributed by atoms with Gasteiger partial charge in [0, 0.05) is 32.1 Å². The zero-order valence-electron chi connectivity index (χ0n) is 19.7. The number of nitrogens with zero attached hydrogens (tertiary/aromatic N) is 6. The molecule has 2 aliphatic rings. The molecule has 1 aliphatic heterocycles. The number of ether oxygens (including phenoxy) is 1. The molecule has 186 valence electrons. The number of methoxy groups -OCH3 is 1. The molecule has 36 heavy (non-hydrogen) atoms. The third kappa shape index (κ3) is 4.07.